The van der Waals surface area contributed by atoms with Gasteiger partial charge in [0.05, 0.1) is 10.9 Å². The molecule has 3 aromatic heterocycles. The van der Waals surface area contributed by atoms with Gasteiger partial charge in [-0.25, -0.2) is 4.98 Å². The average Bonchev–Trinajstić information content (AvgIpc) is 3.47. The van der Waals surface area contributed by atoms with Crippen molar-refractivity contribution in [3.8, 4) is 10.8 Å². The quantitative estimate of drug-likeness (QED) is 0.503. The molecule has 1 saturated heterocycles. The molecule has 27 heavy (non-hydrogen) atoms. The second-order valence-electron chi connectivity index (χ2n) is 6.95. The lowest BCUT2D eigenvalue weighted by molar-refractivity contribution is 0.131. The largest absolute Gasteiger partial charge is 0.440 e. The van der Waals surface area contributed by atoms with E-state index in [1.807, 2.05) is 41.8 Å². The first-order valence-electron chi connectivity index (χ1n) is 9.25. The molecule has 138 valence electrons. The highest BCUT2D eigenvalue weighted by molar-refractivity contribution is 7.13. The molecule has 0 aliphatic carbocycles. The van der Waals surface area contributed by atoms with Crippen molar-refractivity contribution in [1.29, 1.82) is 0 Å². The first-order chi connectivity index (χ1) is 13.3. The zero-order chi connectivity index (χ0) is 18.2. The fraction of sp³-hybridized carbons (Fsp3) is 0.350. The first-order valence-corrected chi connectivity index (χ1v) is 10.1. The summed E-state index contributed by atoms with van der Waals surface area (Å²) in [6.45, 7) is 4.01. The highest BCUT2D eigenvalue weighted by Crippen LogP contribution is 2.33. The van der Waals surface area contributed by atoms with Crippen LogP contribution in [0.4, 0.5) is 0 Å². The van der Waals surface area contributed by atoms with Crippen LogP contribution in [-0.2, 0) is 0 Å². The predicted molar refractivity (Wildman–Crippen MR) is 104 cm³/mol. The lowest BCUT2D eigenvalue weighted by Crippen LogP contribution is -2.36. The van der Waals surface area contributed by atoms with Crippen LogP contribution in [0.1, 0.15) is 43.5 Å². The van der Waals surface area contributed by atoms with E-state index in [4.69, 9.17) is 13.8 Å². The summed E-state index contributed by atoms with van der Waals surface area (Å²) in [4.78, 5) is 8.08. The maximum absolute atomic E-state index is 6.01. The SMILES string of the molecule is C[C@H](c1nnc(-c2cccs2)o1)N1CCC[C@@H](c2nc3ccccc3o2)C1. The maximum atomic E-state index is 6.01. The van der Waals surface area contributed by atoms with Gasteiger partial charge in [-0.2, -0.15) is 0 Å². The number of benzene rings is 1. The molecule has 0 N–H and O–H groups in total. The molecule has 4 aromatic rings. The normalized spacial score (nSPS) is 19.5. The molecule has 1 fully saturated rings. The molecule has 0 spiro atoms. The molecule has 1 aliphatic rings. The van der Waals surface area contributed by atoms with Crippen LogP contribution in [0.15, 0.2) is 50.6 Å². The number of likely N-dealkylation sites (tertiary alicyclic amines) is 1. The Hall–Kier alpha value is -2.51. The molecule has 0 saturated carbocycles. The number of rotatable bonds is 4. The van der Waals surface area contributed by atoms with Crippen molar-refractivity contribution in [2.45, 2.75) is 31.7 Å². The van der Waals surface area contributed by atoms with Crippen LogP contribution >= 0.6 is 11.3 Å². The number of hydrogen-bond acceptors (Lipinski definition) is 7. The Morgan fingerprint density at radius 2 is 2.07 bits per heavy atom. The second-order valence-corrected chi connectivity index (χ2v) is 7.90. The van der Waals surface area contributed by atoms with Crippen molar-refractivity contribution < 1.29 is 8.83 Å². The lowest BCUT2D eigenvalue weighted by Gasteiger charge is -2.34. The molecule has 5 rings (SSSR count). The maximum Gasteiger partial charge on any atom is 0.257 e. The van der Waals surface area contributed by atoms with Crippen LogP contribution in [0.2, 0.25) is 0 Å². The smallest absolute Gasteiger partial charge is 0.257 e. The lowest BCUT2D eigenvalue weighted by atomic mass is 9.97. The van der Waals surface area contributed by atoms with Crippen LogP contribution in [-0.4, -0.2) is 33.2 Å². The van der Waals surface area contributed by atoms with E-state index < -0.39 is 0 Å². The summed E-state index contributed by atoms with van der Waals surface area (Å²) in [7, 11) is 0. The highest BCUT2D eigenvalue weighted by Gasteiger charge is 2.30. The Morgan fingerprint density at radius 3 is 2.93 bits per heavy atom. The molecule has 0 radical (unpaired) electrons. The Morgan fingerprint density at radius 1 is 1.15 bits per heavy atom. The predicted octanol–water partition coefficient (Wildman–Crippen LogP) is 4.88. The second kappa shape index (κ2) is 6.90. The minimum atomic E-state index is 0.0680. The highest BCUT2D eigenvalue weighted by atomic mass is 32.1. The minimum absolute atomic E-state index is 0.0680. The van der Waals surface area contributed by atoms with Crippen LogP contribution < -0.4 is 0 Å². The standard InChI is InChI=1S/C20H20N4O2S/c1-13(18-22-23-20(26-18)17-9-5-11-27-17)24-10-4-6-14(12-24)19-21-15-7-2-3-8-16(15)25-19/h2-3,5,7-9,11,13-14H,4,6,10,12H2,1H3/t13-,14-/m1/s1. The van der Waals surface area contributed by atoms with Crippen LogP contribution in [0.3, 0.4) is 0 Å². The van der Waals surface area contributed by atoms with Crippen molar-refractivity contribution in [3.05, 3.63) is 53.6 Å². The van der Waals surface area contributed by atoms with Crippen LogP contribution in [0, 0.1) is 0 Å². The van der Waals surface area contributed by atoms with Crippen LogP contribution in [0.25, 0.3) is 21.9 Å². The molecule has 1 aliphatic heterocycles. The summed E-state index contributed by atoms with van der Waals surface area (Å²) in [5, 5.41) is 10.5. The molecule has 7 heteroatoms. The van der Waals surface area contributed by atoms with E-state index in [0.717, 1.165) is 47.8 Å². The molecule has 0 unspecified atom stereocenters. The van der Waals surface area contributed by atoms with Gasteiger partial charge in [0.2, 0.25) is 5.89 Å². The van der Waals surface area contributed by atoms with Gasteiger partial charge in [-0.3, -0.25) is 4.90 Å². The topological polar surface area (TPSA) is 68.2 Å². The third-order valence-electron chi connectivity index (χ3n) is 5.19. The van der Waals surface area contributed by atoms with E-state index in [1.54, 1.807) is 11.3 Å². The Balaban J connectivity index is 1.34. The van der Waals surface area contributed by atoms with E-state index in [2.05, 4.69) is 22.0 Å². The first kappa shape index (κ1) is 16.6. The number of thiophene rings is 1. The molecule has 4 heterocycles. The van der Waals surface area contributed by atoms with E-state index in [9.17, 15) is 0 Å². The summed E-state index contributed by atoms with van der Waals surface area (Å²) in [6.07, 6.45) is 2.18. The summed E-state index contributed by atoms with van der Waals surface area (Å²) >= 11 is 1.61. The number of fused-ring (bicyclic) bond motifs is 1. The van der Waals surface area contributed by atoms with Gasteiger partial charge in [-0.15, -0.1) is 21.5 Å². The fourth-order valence-corrected chi connectivity index (χ4v) is 4.33. The summed E-state index contributed by atoms with van der Waals surface area (Å²) in [5.41, 5.74) is 1.78. The number of hydrogen-bond donors (Lipinski definition) is 0. The summed E-state index contributed by atoms with van der Waals surface area (Å²) < 4.78 is 11.9. The van der Waals surface area contributed by atoms with Gasteiger partial charge in [0.15, 0.2) is 11.5 Å². The fourth-order valence-electron chi connectivity index (χ4n) is 3.68. The molecule has 0 bridgehead atoms. The van der Waals surface area contributed by atoms with Gasteiger partial charge < -0.3 is 8.83 Å². The van der Waals surface area contributed by atoms with E-state index >= 15 is 0 Å². The third kappa shape index (κ3) is 3.17. The third-order valence-corrected chi connectivity index (χ3v) is 6.05. The number of oxazole rings is 1. The molecule has 6 nitrogen and oxygen atoms in total. The summed E-state index contributed by atoms with van der Waals surface area (Å²) in [6, 6.07) is 12.0. The van der Waals surface area contributed by atoms with Crippen molar-refractivity contribution in [2.24, 2.45) is 0 Å². The van der Waals surface area contributed by atoms with Crippen LogP contribution in [0.5, 0.6) is 0 Å². The van der Waals surface area contributed by atoms with Gasteiger partial charge in [0, 0.05) is 12.5 Å². The Labute approximate surface area is 160 Å². The number of piperidine rings is 1. The van der Waals surface area contributed by atoms with Gasteiger partial charge in [0.25, 0.3) is 5.89 Å². The van der Waals surface area contributed by atoms with Gasteiger partial charge in [-0.05, 0) is 49.9 Å². The molecule has 1 aromatic carbocycles. The van der Waals surface area contributed by atoms with E-state index in [-0.39, 0.29) is 12.0 Å². The van der Waals surface area contributed by atoms with Gasteiger partial charge in [0.1, 0.15) is 5.52 Å². The summed E-state index contributed by atoms with van der Waals surface area (Å²) in [5.74, 6) is 2.38. The Bertz CT molecular complexity index is 1010. The average molecular weight is 380 g/mol. The van der Waals surface area contributed by atoms with Crippen molar-refractivity contribution in [1.82, 2.24) is 20.1 Å². The van der Waals surface area contributed by atoms with Crippen molar-refractivity contribution >= 4 is 22.4 Å². The molecular formula is C20H20N4O2S. The number of aromatic nitrogens is 3. The van der Waals surface area contributed by atoms with Crippen molar-refractivity contribution in [3.63, 3.8) is 0 Å². The molecule has 0 amide bonds. The monoisotopic (exact) mass is 380 g/mol. The van der Waals surface area contributed by atoms with E-state index in [1.165, 1.54) is 0 Å². The van der Waals surface area contributed by atoms with E-state index in [0.29, 0.717) is 11.8 Å². The Kier molecular flexibility index (Phi) is 4.26. The van der Waals surface area contributed by atoms with Gasteiger partial charge >= 0.3 is 0 Å². The van der Waals surface area contributed by atoms with Gasteiger partial charge in [-0.1, -0.05) is 18.2 Å². The van der Waals surface area contributed by atoms with Crippen molar-refractivity contribution in [2.75, 3.05) is 13.1 Å². The molecule has 2 atom stereocenters. The zero-order valence-electron chi connectivity index (χ0n) is 15.0. The number of nitrogens with zero attached hydrogens (tertiary/aromatic N) is 4. The minimum Gasteiger partial charge on any atom is -0.440 e. The zero-order valence-corrected chi connectivity index (χ0v) is 15.9. The number of para-hydroxylation sites is 2. The molecular weight excluding hydrogens is 360 g/mol.